The Morgan fingerprint density at radius 2 is 0.882 bits per heavy atom. The molecule has 6 aromatic carbocycles. The van der Waals surface area contributed by atoms with Gasteiger partial charge in [-0.2, -0.15) is 0 Å². The summed E-state index contributed by atoms with van der Waals surface area (Å²) in [5, 5.41) is 9.86. The minimum Gasteiger partial charge on any atom is -0.256 e. The molecule has 1 nitrogen and oxygen atoms in total. The summed E-state index contributed by atoms with van der Waals surface area (Å²) in [6, 6.07) is 43.5. The van der Waals surface area contributed by atoms with Gasteiger partial charge in [-0.3, -0.25) is 4.98 Å². The normalized spacial score (nSPS) is 11.5. The smallest absolute Gasteiger partial charge is 0.0720 e. The van der Waals surface area contributed by atoms with Crippen LogP contribution in [0.4, 0.5) is 0 Å². The molecule has 158 valence electrons. The molecule has 34 heavy (non-hydrogen) atoms. The second-order valence-corrected chi connectivity index (χ2v) is 8.78. The van der Waals surface area contributed by atoms with Crippen LogP contribution in [0.15, 0.2) is 128 Å². The summed E-state index contributed by atoms with van der Waals surface area (Å²) >= 11 is 0. The summed E-state index contributed by atoms with van der Waals surface area (Å²) in [6.45, 7) is 0. The fourth-order valence-electron chi connectivity index (χ4n) is 5.36. The number of hydrogen-bond donors (Lipinski definition) is 0. The topological polar surface area (TPSA) is 12.9 Å². The largest absolute Gasteiger partial charge is 0.256 e. The van der Waals surface area contributed by atoms with E-state index in [1.807, 2.05) is 6.20 Å². The maximum atomic E-state index is 4.93. The van der Waals surface area contributed by atoms with Crippen molar-refractivity contribution >= 4 is 43.1 Å². The summed E-state index contributed by atoms with van der Waals surface area (Å²) in [4.78, 5) is 4.93. The number of fused-ring (bicyclic) bond motifs is 4. The zero-order valence-electron chi connectivity index (χ0n) is 18.6. The van der Waals surface area contributed by atoms with E-state index in [-0.39, 0.29) is 0 Å². The molecule has 0 aliphatic rings. The third-order valence-corrected chi connectivity index (χ3v) is 6.88. The van der Waals surface area contributed by atoms with Gasteiger partial charge in [0.15, 0.2) is 0 Å². The molecule has 0 saturated heterocycles. The molecule has 0 aliphatic carbocycles. The second-order valence-electron chi connectivity index (χ2n) is 8.78. The summed E-state index contributed by atoms with van der Waals surface area (Å²) in [7, 11) is 0. The number of pyridine rings is 1. The first-order valence-electron chi connectivity index (χ1n) is 11.7. The molecule has 0 atom stereocenters. The van der Waals surface area contributed by atoms with Gasteiger partial charge in [0.1, 0.15) is 0 Å². The second kappa shape index (κ2) is 7.54. The standard InChI is InChI=1S/C33H21N/c1-2-12-24-21-34-31(20-23(24)11-1)33-29-17-7-5-15-27(29)32(28-16-6-8-18-30(28)33)26-19-9-13-22-10-3-4-14-25(22)26/h1-21H. The van der Waals surface area contributed by atoms with Gasteiger partial charge < -0.3 is 0 Å². The van der Waals surface area contributed by atoms with Crippen molar-refractivity contribution in [2.75, 3.05) is 0 Å². The Balaban J connectivity index is 1.66. The number of aromatic nitrogens is 1. The van der Waals surface area contributed by atoms with Gasteiger partial charge in [-0.15, -0.1) is 0 Å². The van der Waals surface area contributed by atoms with Crippen LogP contribution in [-0.4, -0.2) is 4.98 Å². The third-order valence-electron chi connectivity index (χ3n) is 6.88. The highest BCUT2D eigenvalue weighted by molar-refractivity contribution is 6.23. The Labute approximate surface area is 197 Å². The van der Waals surface area contributed by atoms with Crippen molar-refractivity contribution < 1.29 is 0 Å². The number of nitrogens with zero attached hydrogens (tertiary/aromatic N) is 1. The van der Waals surface area contributed by atoms with E-state index in [0.717, 1.165) is 11.1 Å². The number of hydrogen-bond acceptors (Lipinski definition) is 1. The molecule has 0 unspecified atom stereocenters. The first-order chi connectivity index (χ1) is 16.9. The van der Waals surface area contributed by atoms with Crippen LogP contribution in [0.2, 0.25) is 0 Å². The lowest BCUT2D eigenvalue weighted by Crippen LogP contribution is -1.93. The quantitative estimate of drug-likeness (QED) is 0.249. The predicted molar refractivity (Wildman–Crippen MR) is 145 cm³/mol. The van der Waals surface area contributed by atoms with Gasteiger partial charge in [-0.1, -0.05) is 115 Å². The highest BCUT2D eigenvalue weighted by Crippen LogP contribution is 2.44. The summed E-state index contributed by atoms with van der Waals surface area (Å²) < 4.78 is 0. The van der Waals surface area contributed by atoms with E-state index >= 15 is 0 Å². The van der Waals surface area contributed by atoms with Crippen LogP contribution < -0.4 is 0 Å². The summed E-state index contributed by atoms with van der Waals surface area (Å²) in [5.74, 6) is 0. The van der Waals surface area contributed by atoms with Crippen LogP contribution in [-0.2, 0) is 0 Å². The van der Waals surface area contributed by atoms with Crippen LogP contribution >= 0.6 is 0 Å². The molecule has 0 bridgehead atoms. The van der Waals surface area contributed by atoms with Gasteiger partial charge in [0.05, 0.1) is 5.69 Å². The van der Waals surface area contributed by atoms with Crippen molar-refractivity contribution in [3.63, 3.8) is 0 Å². The lowest BCUT2D eigenvalue weighted by Gasteiger charge is -2.18. The van der Waals surface area contributed by atoms with Gasteiger partial charge in [0, 0.05) is 17.1 Å². The third kappa shape index (κ3) is 2.84. The molecule has 0 saturated carbocycles. The lowest BCUT2D eigenvalue weighted by atomic mass is 9.85. The number of rotatable bonds is 2. The summed E-state index contributed by atoms with van der Waals surface area (Å²) in [6.07, 6.45) is 1.99. The van der Waals surface area contributed by atoms with Gasteiger partial charge in [-0.25, -0.2) is 0 Å². The minimum absolute atomic E-state index is 1.01. The van der Waals surface area contributed by atoms with E-state index in [9.17, 15) is 0 Å². The van der Waals surface area contributed by atoms with Crippen molar-refractivity contribution in [2.45, 2.75) is 0 Å². The monoisotopic (exact) mass is 431 g/mol. The first kappa shape index (κ1) is 19.0. The Morgan fingerprint density at radius 3 is 1.56 bits per heavy atom. The van der Waals surface area contributed by atoms with Crippen molar-refractivity contribution in [1.29, 1.82) is 0 Å². The highest BCUT2D eigenvalue weighted by atomic mass is 14.7. The lowest BCUT2D eigenvalue weighted by molar-refractivity contribution is 1.37. The molecule has 0 fully saturated rings. The Kier molecular flexibility index (Phi) is 4.22. The maximum absolute atomic E-state index is 4.93. The van der Waals surface area contributed by atoms with Crippen LogP contribution in [0.3, 0.4) is 0 Å². The van der Waals surface area contributed by atoms with Crippen molar-refractivity contribution in [1.82, 2.24) is 4.98 Å². The van der Waals surface area contributed by atoms with Crippen molar-refractivity contribution in [3.8, 4) is 22.4 Å². The maximum Gasteiger partial charge on any atom is 0.0720 e. The molecule has 0 radical (unpaired) electrons. The average Bonchev–Trinajstić information content (AvgIpc) is 2.91. The highest BCUT2D eigenvalue weighted by Gasteiger charge is 2.18. The molecule has 1 aromatic heterocycles. The average molecular weight is 432 g/mol. The molecule has 0 amide bonds. The van der Waals surface area contributed by atoms with E-state index in [1.165, 1.54) is 54.4 Å². The van der Waals surface area contributed by atoms with E-state index in [2.05, 4.69) is 121 Å². The molecule has 1 heteroatoms. The Morgan fingerprint density at radius 1 is 0.382 bits per heavy atom. The Hall–Kier alpha value is -4.49. The van der Waals surface area contributed by atoms with Crippen LogP contribution in [0.25, 0.3) is 65.5 Å². The molecule has 1 heterocycles. The van der Waals surface area contributed by atoms with E-state index in [4.69, 9.17) is 4.98 Å². The molecule has 0 N–H and O–H groups in total. The molecule has 0 spiro atoms. The SMILES string of the molecule is c1ccc2cc(-c3c4ccccc4c(-c4cccc5ccccc45)c4ccccc34)ncc2c1. The fraction of sp³-hybridized carbons (Fsp3) is 0. The van der Waals surface area contributed by atoms with E-state index < -0.39 is 0 Å². The molecular formula is C33H21N. The van der Waals surface area contributed by atoms with E-state index in [0.29, 0.717) is 0 Å². The molecule has 0 aliphatic heterocycles. The van der Waals surface area contributed by atoms with Crippen LogP contribution in [0, 0.1) is 0 Å². The summed E-state index contributed by atoms with van der Waals surface area (Å²) in [5.41, 5.74) is 4.76. The molecular weight excluding hydrogens is 410 g/mol. The predicted octanol–water partition coefficient (Wildman–Crippen LogP) is 9.03. The number of benzene rings is 6. The van der Waals surface area contributed by atoms with Gasteiger partial charge >= 0.3 is 0 Å². The van der Waals surface area contributed by atoms with Crippen molar-refractivity contribution in [2.24, 2.45) is 0 Å². The zero-order chi connectivity index (χ0) is 22.5. The van der Waals surface area contributed by atoms with E-state index in [1.54, 1.807) is 0 Å². The van der Waals surface area contributed by atoms with Gasteiger partial charge in [-0.05, 0) is 54.9 Å². The fourth-order valence-corrected chi connectivity index (χ4v) is 5.36. The first-order valence-corrected chi connectivity index (χ1v) is 11.7. The van der Waals surface area contributed by atoms with Gasteiger partial charge in [0.25, 0.3) is 0 Å². The van der Waals surface area contributed by atoms with Crippen LogP contribution in [0.1, 0.15) is 0 Å². The van der Waals surface area contributed by atoms with Crippen LogP contribution in [0.5, 0.6) is 0 Å². The zero-order valence-corrected chi connectivity index (χ0v) is 18.6. The van der Waals surface area contributed by atoms with Crippen molar-refractivity contribution in [3.05, 3.63) is 128 Å². The van der Waals surface area contributed by atoms with Gasteiger partial charge in [0.2, 0.25) is 0 Å². The Bertz CT molecular complexity index is 1800. The minimum atomic E-state index is 1.01. The molecule has 7 aromatic rings. The molecule has 7 rings (SSSR count).